The molecule has 0 saturated heterocycles. The number of benzodiazepines with no additional fused rings is 1. The summed E-state index contributed by atoms with van der Waals surface area (Å²) in [5, 5.41) is 5.97. The molecule has 0 aromatic heterocycles. The lowest BCUT2D eigenvalue weighted by molar-refractivity contribution is -0.119. The molecule has 7 nitrogen and oxygen atoms in total. The van der Waals surface area contributed by atoms with Crippen molar-refractivity contribution in [2.45, 2.75) is 6.17 Å². The molecule has 1 atom stereocenters. The van der Waals surface area contributed by atoms with Crippen molar-refractivity contribution in [1.29, 1.82) is 0 Å². The number of halogens is 1. The van der Waals surface area contributed by atoms with Gasteiger partial charge in [-0.15, -0.1) is 0 Å². The molecule has 37 heavy (non-hydrogen) atoms. The topological polar surface area (TPSA) is 83.0 Å². The van der Waals surface area contributed by atoms with Crippen LogP contribution in [0.4, 0.5) is 16.2 Å². The Hall–Kier alpha value is -4.62. The molecule has 0 radical (unpaired) electrons. The average molecular weight is 511 g/mol. The predicted octanol–water partition coefficient (Wildman–Crippen LogP) is 6.09. The number of ether oxygens (including phenoxy) is 1. The second-order valence-corrected chi connectivity index (χ2v) is 8.78. The molecule has 0 saturated carbocycles. The van der Waals surface area contributed by atoms with E-state index in [2.05, 4.69) is 15.6 Å². The van der Waals surface area contributed by atoms with Gasteiger partial charge in [0.05, 0.1) is 11.4 Å². The van der Waals surface area contributed by atoms with Gasteiger partial charge < -0.3 is 20.3 Å². The van der Waals surface area contributed by atoms with E-state index < -0.39 is 12.2 Å². The second kappa shape index (κ2) is 10.6. The first kappa shape index (κ1) is 24.1. The summed E-state index contributed by atoms with van der Waals surface area (Å²) in [4.78, 5) is 32.3. The van der Waals surface area contributed by atoms with Gasteiger partial charge in [-0.1, -0.05) is 60.1 Å². The van der Waals surface area contributed by atoms with Crippen LogP contribution >= 0.6 is 11.6 Å². The summed E-state index contributed by atoms with van der Waals surface area (Å²) >= 11 is 6.29. The van der Waals surface area contributed by atoms with E-state index in [1.807, 2.05) is 60.7 Å². The summed E-state index contributed by atoms with van der Waals surface area (Å²) in [6.45, 7) is 0. The van der Waals surface area contributed by atoms with Crippen LogP contribution < -0.4 is 20.3 Å². The third-order valence-electron chi connectivity index (χ3n) is 5.80. The lowest BCUT2D eigenvalue weighted by Gasteiger charge is -2.21. The number of para-hydroxylation sites is 1. The fourth-order valence-corrected chi connectivity index (χ4v) is 4.16. The van der Waals surface area contributed by atoms with Crippen LogP contribution in [0, 0.1) is 0 Å². The monoisotopic (exact) mass is 510 g/mol. The van der Waals surface area contributed by atoms with E-state index in [1.165, 1.54) is 4.90 Å². The number of urea groups is 1. The smallest absolute Gasteiger partial charge is 0.321 e. The number of fused-ring (bicyclic) bond motifs is 1. The van der Waals surface area contributed by atoms with Gasteiger partial charge in [-0.05, 0) is 54.6 Å². The fraction of sp³-hybridized carbons (Fsp3) is 0.0690. The predicted molar refractivity (Wildman–Crippen MR) is 146 cm³/mol. The summed E-state index contributed by atoms with van der Waals surface area (Å²) in [6, 6.07) is 30.5. The lowest BCUT2D eigenvalue weighted by atomic mass is 10.0. The Morgan fingerprint density at radius 1 is 0.892 bits per heavy atom. The molecule has 0 fully saturated rings. The van der Waals surface area contributed by atoms with Crippen molar-refractivity contribution in [1.82, 2.24) is 5.32 Å². The highest BCUT2D eigenvalue weighted by Crippen LogP contribution is 2.30. The Labute approximate surface area is 219 Å². The molecule has 0 spiro atoms. The number of hydrogen-bond donors (Lipinski definition) is 2. The minimum Gasteiger partial charge on any atom is -0.457 e. The van der Waals surface area contributed by atoms with E-state index in [0.717, 1.165) is 5.56 Å². The van der Waals surface area contributed by atoms with Gasteiger partial charge in [-0.2, -0.15) is 0 Å². The number of amides is 3. The van der Waals surface area contributed by atoms with Gasteiger partial charge >= 0.3 is 6.03 Å². The second-order valence-electron chi connectivity index (χ2n) is 8.34. The molecule has 1 aliphatic heterocycles. The van der Waals surface area contributed by atoms with Crippen molar-refractivity contribution in [3.63, 3.8) is 0 Å². The quantitative estimate of drug-likeness (QED) is 0.340. The van der Waals surface area contributed by atoms with Crippen molar-refractivity contribution < 1.29 is 14.3 Å². The molecule has 2 N–H and O–H groups in total. The molecule has 5 rings (SSSR count). The number of aliphatic imine (C=N–C) groups is 1. The van der Waals surface area contributed by atoms with Gasteiger partial charge in [0.25, 0.3) is 5.91 Å². The highest BCUT2D eigenvalue weighted by atomic mass is 35.5. The zero-order chi connectivity index (χ0) is 25.8. The van der Waals surface area contributed by atoms with Gasteiger partial charge in [-0.25, -0.2) is 9.79 Å². The molecule has 1 heterocycles. The molecule has 3 amide bonds. The molecule has 4 aromatic carbocycles. The number of carbonyl (C=O) groups is 2. The van der Waals surface area contributed by atoms with Crippen LogP contribution in [0.15, 0.2) is 108 Å². The van der Waals surface area contributed by atoms with Gasteiger partial charge in [0.15, 0.2) is 0 Å². The molecule has 8 heteroatoms. The van der Waals surface area contributed by atoms with Gasteiger partial charge in [-0.3, -0.25) is 4.79 Å². The highest BCUT2D eigenvalue weighted by molar-refractivity contribution is 6.32. The summed E-state index contributed by atoms with van der Waals surface area (Å²) in [6.07, 6.45) is -1.15. The van der Waals surface area contributed by atoms with Crippen LogP contribution in [0.3, 0.4) is 0 Å². The lowest BCUT2D eigenvalue weighted by Crippen LogP contribution is -2.47. The van der Waals surface area contributed by atoms with E-state index in [0.29, 0.717) is 39.2 Å². The number of nitrogens with zero attached hydrogens (tertiary/aromatic N) is 2. The standard InChI is InChI=1S/C29H23ClN4O3/c1-34-25-17-12-20(30)18-24(25)26(19-8-4-2-5-9-19)32-27(28(34)35)33-29(36)31-21-13-15-23(16-14-21)37-22-10-6-3-7-11-22/h2-18,27H,1H3,(H2,31,33,36). The number of hydrogen-bond acceptors (Lipinski definition) is 4. The highest BCUT2D eigenvalue weighted by Gasteiger charge is 2.31. The third kappa shape index (κ3) is 5.47. The third-order valence-corrected chi connectivity index (χ3v) is 6.04. The molecule has 1 unspecified atom stereocenters. The van der Waals surface area contributed by atoms with Crippen LogP contribution in [0.2, 0.25) is 5.02 Å². The Kier molecular flexibility index (Phi) is 6.87. The number of rotatable bonds is 5. The number of carbonyl (C=O) groups excluding carboxylic acids is 2. The summed E-state index contributed by atoms with van der Waals surface area (Å²) in [5.41, 5.74) is 3.25. The summed E-state index contributed by atoms with van der Waals surface area (Å²) < 4.78 is 5.79. The maximum Gasteiger partial charge on any atom is 0.321 e. The van der Waals surface area contributed by atoms with Crippen LogP contribution in [0.1, 0.15) is 11.1 Å². The molecule has 0 aliphatic carbocycles. The van der Waals surface area contributed by atoms with Crippen molar-refractivity contribution in [3.05, 3.63) is 119 Å². The number of benzene rings is 4. The zero-order valence-electron chi connectivity index (χ0n) is 19.9. The van der Waals surface area contributed by atoms with Crippen molar-refractivity contribution in [2.75, 3.05) is 17.3 Å². The van der Waals surface area contributed by atoms with E-state index in [9.17, 15) is 9.59 Å². The number of nitrogens with one attached hydrogen (secondary N) is 2. The van der Waals surface area contributed by atoms with Crippen LogP contribution in [0.5, 0.6) is 11.5 Å². The van der Waals surface area contributed by atoms with Crippen molar-refractivity contribution >= 4 is 40.6 Å². The van der Waals surface area contributed by atoms with Crippen molar-refractivity contribution in [2.24, 2.45) is 4.99 Å². The first-order chi connectivity index (χ1) is 18.0. The summed E-state index contributed by atoms with van der Waals surface area (Å²) in [7, 11) is 1.65. The first-order valence-electron chi connectivity index (χ1n) is 11.6. The number of anilines is 2. The van der Waals surface area contributed by atoms with E-state index in [4.69, 9.17) is 16.3 Å². The molecule has 4 aromatic rings. The average Bonchev–Trinajstić information content (AvgIpc) is 3.01. The normalized spacial score (nSPS) is 14.8. The first-order valence-corrected chi connectivity index (χ1v) is 12.0. The minimum absolute atomic E-state index is 0.378. The van der Waals surface area contributed by atoms with Gasteiger partial charge in [0.2, 0.25) is 6.17 Å². The fourth-order valence-electron chi connectivity index (χ4n) is 3.99. The van der Waals surface area contributed by atoms with E-state index >= 15 is 0 Å². The SMILES string of the molecule is CN1C(=O)C(NC(=O)Nc2ccc(Oc3ccccc3)cc2)N=C(c2ccccc2)c2cc(Cl)ccc21. The Morgan fingerprint density at radius 2 is 1.54 bits per heavy atom. The molecule has 1 aliphatic rings. The maximum atomic E-state index is 13.3. The Balaban J connectivity index is 1.36. The molecule has 184 valence electrons. The van der Waals surface area contributed by atoms with Crippen LogP contribution in [-0.4, -0.2) is 30.9 Å². The Morgan fingerprint density at radius 3 is 2.24 bits per heavy atom. The van der Waals surface area contributed by atoms with Gasteiger partial charge in [0, 0.05) is 28.9 Å². The van der Waals surface area contributed by atoms with E-state index in [-0.39, 0.29) is 5.91 Å². The Bertz CT molecular complexity index is 1460. The number of likely N-dealkylation sites (N-methyl/N-ethyl adjacent to an activating group) is 1. The van der Waals surface area contributed by atoms with E-state index in [1.54, 1.807) is 49.5 Å². The molecular formula is C29H23ClN4O3. The van der Waals surface area contributed by atoms with Crippen LogP contribution in [-0.2, 0) is 4.79 Å². The molecule has 0 bridgehead atoms. The minimum atomic E-state index is -1.15. The maximum absolute atomic E-state index is 13.3. The van der Waals surface area contributed by atoms with Crippen molar-refractivity contribution in [3.8, 4) is 11.5 Å². The van der Waals surface area contributed by atoms with Crippen LogP contribution in [0.25, 0.3) is 0 Å². The summed E-state index contributed by atoms with van der Waals surface area (Å²) in [5.74, 6) is 0.967. The van der Waals surface area contributed by atoms with Gasteiger partial charge in [0.1, 0.15) is 11.5 Å². The zero-order valence-corrected chi connectivity index (χ0v) is 20.6. The largest absolute Gasteiger partial charge is 0.457 e. The molecular weight excluding hydrogens is 488 g/mol.